The van der Waals surface area contributed by atoms with Gasteiger partial charge in [-0.1, -0.05) is 13.8 Å². The number of aldehydes is 1. The van der Waals surface area contributed by atoms with Crippen molar-refractivity contribution in [2.45, 2.75) is 53.0 Å². The third-order valence-corrected chi connectivity index (χ3v) is 2.40. The van der Waals surface area contributed by atoms with Crippen molar-refractivity contribution in [3.63, 3.8) is 0 Å². The highest BCUT2D eigenvalue weighted by Gasteiger charge is 2.23. The highest BCUT2D eigenvalue weighted by molar-refractivity contribution is 5.81. The number of carboxylic acids is 1. The largest absolute Gasteiger partial charge is 0.480 e. The Labute approximate surface area is 122 Å². The first-order valence-corrected chi connectivity index (χ1v) is 6.92. The molecule has 6 nitrogen and oxygen atoms in total. The number of carbonyl (C=O) groups is 3. The van der Waals surface area contributed by atoms with Crippen molar-refractivity contribution in [1.82, 2.24) is 10.2 Å². The molecular formula is C14H30N2O4. The van der Waals surface area contributed by atoms with Crippen LogP contribution >= 0.6 is 0 Å². The molecule has 2 N–H and O–H groups in total. The molecule has 0 aromatic heterocycles. The van der Waals surface area contributed by atoms with Gasteiger partial charge in [0.1, 0.15) is 12.3 Å². The van der Waals surface area contributed by atoms with Gasteiger partial charge in [0.15, 0.2) is 0 Å². The van der Waals surface area contributed by atoms with Crippen LogP contribution in [0.4, 0.5) is 0 Å². The van der Waals surface area contributed by atoms with E-state index in [4.69, 9.17) is 9.90 Å². The van der Waals surface area contributed by atoms with E-state index >= 15 is 0 Å². The molecule has 0 aliphatic rings. The number of likely N-dealkylation sites (N-methyl/N-ethyl adjacent to an activating group) is 1. The number of carboxylic acid groups (broad SMARTS) is 1. The fourth-order valence-electron chi connectivity index (χ4n) is 1.34. The summed E-state index contributed by atoms with van der Waals surface area (Å²) in [5, 5.41) is 11.9. The van der Waals surface area contributed by atoms with E-state index in [1.54, 1.807) is 0 Å². The molecule has 20 heavy (non-hydrogen) atoms. The SMILES string of the molecule is CC.CC=O.CNCCCCC(C(=O)O)N(C)C(C)=O. The van der Waals surface area contributed by atoms with Crippen LogP contribution < -0.4 is 5.32 Å². The van der Waals surface area contributed by atoms with E-state index < -0.39 is 12.0 Å². The van der Waals surface area contributed by atoms with Gasteiger partial charge in [0.25, 0.3) is 0 Å². The first-order chi connectivity index (χ1) is 9.42. The maximum atomic E-state index is 11.0. The summed E-state index contributed by atoms with van der Waals surface area (Å²) in [4.78, 5) is 32.0. The van der Waals surface area contributed by atoms with Gasteiger partial charge in [-0.2, -0.15) is 0 Å². The van der Waals surface area contributed by atoms with E-state index in [0.29, 0.717) is 6.42 Å². The minimum atomic E-state index is -0.933. The molecule has 0 aromatic rings. The molecule has 0 fully saturated rings. The van der Waals surface area contributed by atoms with Gasteiger partial charge in [0.05, 0.1) is 0 Å². The Bertz CT molecular complexity index is 258. The minimum Gasteiger partial charge on any atom is -0.480 e. The van der Waals surface area contributed by atoms with Gasteiger partial charge in [-0.3, -0.25) is 4.79 Å². The normalized spacial score (nSPS) is 10.1. The second-order valence-electron chi connectivity index (χ2n) is 3.82. The van der Waals surface area contributed by atoms with Crippen LogP contribution in [-0.2, 0) is 14.4 Å². The topological polar surface area (TPSA) is 86.7 Å². The molecule has 0 aromatic carbocycles. The highest BCUT2D eigenvalue weighted by Crippen LogP contribution is 2.07. The molecule has 6 heteroatoms. The molecule has 0 heterocycles. The predicted molar refractivity (Wildman–Crippen MR) is 80.7 cm³/mol. The lowest BCUT2D eigenvalue weighted by Gasteiger charge is -2.23. The molecule has 1 atom stereocenters. The van der Waals surface area contributed by atoms with Crippen molar-refractivity contribution in [2.75, 3.05) is 20.6 Å². The predicted octanol–water partition coefficient (Wildman–Crippen LogP) is 1.54. The molecule has 1 unspecified atom stereocenters. The number of unbranched alkanes of at least 4 members (excludes halogenated alkanes) is 1. The highest BCUT2D eigenvalue weighted by atomic mass is 16.4. The van der Waals surface area contributed by atoms with Crippen LogP contribution in [-0.4, -0.2) is 54.9 Å². The molecule has 0 saturated heterocycles. The average molecular weight is 290 g/mol. The summed E-state index contributed by atoms with van der Waals surface area (Å²) in [5.74, 6) is -1.15. The molecule has 0 radical (unpaired) electrons. The summed E-state index contributed by atoms with van der Waals surface area (Å²) >= 11 is 0. The number of aliphatic carboxylic acids is 1. The monoisotopic (exact) mass is 290 g/mol. The first-order valence-electron chi connectivity index (χ1n) is 6.92. The second-order valence-corrected chi connectivity index (χ2v) is 3.82. The van der Waals surface area contributed by atoms with Crippen LogP contribution in [0.1, 0.15) is 47.0 Å². The lowest BCUT2D eigenvalue weighted by molar-refractivity contribution is -0.148. The zero-order valence-corrected chi connectivity index (χ0v) is 13.6. The number of carbonyl (C=O) groups excluding carboxylic acids is 2. The maximum Gasteiger partial charge on any atom is 0.326 e. The standard InChI is InChI=1S/C10H20N2O3.C2H4O.C2H6/c1-8(13)12(3)9(10(14)15)6-4-5-7-11-2;1-2-3;1-2/h9,11H,4-7H2,1-3H3,(H,14,15);2H,1H3;1-2H3. The van der Waals surface area contributed by atoms with Gasteiger partial charge in [0.2, 0.25) is 5.91 Å². The van der Waals surface area contributed by atoms with E-state index in [-0.39, 0.29) is 5.91 Å². The summed E-state index contributed by atoms with van der Waals surface area (Å²) in [6.45, 7) is 7.69. The first kappa shape index (κ1) is 23.6. The van der Waals surface area contributed by atoms with Crippen molar-refractivity contribution in [3.8, 4) is 0 Å². The number of rotatable bonds is 7. The minimum absolute atomic E-state index is 0.212. The fraction of sp³-hybridized carbons (Fsp3) is 0.786. The third-order valence-electron chi connectivity index (χ3n) is 2.40. The van der Waals surface area contributed by atoms with Crippen LogP contribution in [0.3, 0.4) is 0 Å². The number of nitrogens with one attached hydrogen (secondary N) is 1. The van der Waals surface area contributed by atoms with Crippen molar-refractivity contribution in [3.05, 3.63) is 0 Å². The van der Waals surface area contributed by atoms with Gasteiger partial charge in [-0.25, -0.2) is 4.79 Å². The van der Waals surface area contributed by atoms with Crippen LogP contribution in [0.2, 0.25) is 0 Å². The molecule has 0 aliphatic carbocycles. The molecule has 0 bridgehead atoms. The van der Waals surface area contributed by atoms with Gasteiger partial charge < -0.3 is 20.1 Å². The Balaban J connectivity index is -0.000000505. The lowest BCUT2D eigenvalue weighted by Crippen LogP contribution is -2.41. The molecule has 0 saturated carbocycles. The molecule has 0 rings (SSSR count). The zero-order valence-electron chi connectivity index (χ0n) is 13.6. The zero-order chi connectivity index (χ0) is 16.6. The van der Waals surface area contributed by atoms with Crippen molar-refractivity contribution in [2.24, 2.45) is 0 Å². The van der Waals surface area contributed by atoms with E-state index in [9.17, 15) is 9.59 Å². The maximum absolute atomic E-state index is 11.0. The Morgan fingerprint density at radius 2 is 1.75 bits per heavy atom. The smallest absolute Gasteiger partial charge is 0.326 e. The average Bonchev–Trinajstić information content (AvgIpc) is 2.41. The molecule has 0 aliphatic heterocycles. The van der Waals surface area contributed by atoms with Crippen LogP contribution in [0.25, 0.3) is 0 Å². The fourth-order valence-corrected chi connectivity index (χ4v) is 1.34. The van der Waals surface area contributed by atoms with Gasteiger partial charge in [-0.05, 0) is 39.8 Å². The van der Waals surface area contributed by atoms with Crippen molar-refractivity contribution >= 4 is 18.2 Å². The van der Waals surface area contributed by atoms with Crippen LogP contribution in [0.5, 0.6) is 0 Å². The van der Waals surface area contributed by atoms with Crippen molar-refractivity contribution < 1.29 is 19.5 Å². The molecule has 120 valence electrons. The third kappa shape index (κ3) is 14.6. The van der Waals surface area contributed by atoms with E-state index in [2.05, 4.69) is 5.32 Å². The lowest BCUT2D eigenvalue weighted by atomic mass is 10.1. The summed E-state index contributed by atoms with van der Waals surface area (Å²) in [6.07, 6.45) is 2.98. The van der Waals surface area contributed by atoms with E-state index in [1.807, 2.05) is 20.9 Å². The Hall–Kier alpha value is -1.43. The Kier molecular flexibility index (Phi) is 20.8. The summed E-state index contributed by atoms with van der Waals surface area (Å²) in [5.41, 5.74) is 0. The number of amides is 1. The molecular weight excluding hydrogens is 260 g/mol. The number of hydrogen-bond acceptors (Lipinski definition) is 4. The summed E-state index contributed by atoms with van der Waals surface area (Å²) < 4.78 is 0. The van der Waals surface area contributed by atoms with Gasteiger partial charge >= 0.3 is 5.97 Å². The van der Waals surface area contributed by atoms with Crippen LogP contribution in [0.15, 0.2) is 0 Å². The Morgan fingerprint density at radius 1 is 1.30 bits per heavy atom. The summed E-state index contributed by atoms with van der Waals surface area (Å²) in [6, 6.07) is -0.695. The van der Waals surface area contributed by atoms with Gasteiger partial charge in [0, 0.05) is 14.0 Å². The van der Waals surface area contributed by atoms with E-state index in [1.165, 1.54) is 25.8 Å². The summed E-state index contributed by atoms with van der Waals surface area (Å²) in [7, 11) is 3.38. The quantitative estimate of drug-likeness (QED) is 0.548. The van der Waals surface area contributed by atoms with Crippen molar-refractivity contribution in [1.29, 1.82) is 0 Å². The molecule has 1 amide bonds. The number of nitrogens with zero attached hydrogens (tertiary/aromatic N) is 1. The van der Waals surface area contributed by atoms with Gasteiger partial charge in [-0.15, -0.1) is 0 Å². The molecule has 0 spiro atoms. The van der Waals surface area contributed by atoms with Crippen LogP contribution in [0, 0.1) is 0 Å². The van der Waals surface area contributed by atoms with E-state index in [0.717, 1.165) is 25.7 Å². The number of hydrogen-bond donors (Lipinski definition) is 2. The second kappa shape index (κ2) is 17.6. The Morgan fingerprint density at radius 3 is 2.05 bits per heavy atom.